The first-order chi connectivity index (χ1) is 13.9. The van der Waals surface area contributed by atoms with Crippen LogP contribution in [-0.2, 0) is 0 Å². The van der Waals surface area contributed by atoms with Gasteiger partial charge in [0.2, 0.25) is 0 Å². The molecule has 3 rings (SSSR count). The SMILES string of the molecule is CC(C)c1c(C(=O)N[C@H](C)C(C)(C)O)cn2nc(-c3ccc(Cl)c(F)c3)[nH]c(=O)c12. The van der Waals surface area contributed by atoms with Crippen LogP contribution in [0.4, 0.5) is 4.39 Å². The lowest BCUT2D eigenvalue weighted by atomic mass is 9.97. The predicted octanol–water partition coefficient (Wildman–Crippen LogP) is 3.49. The van der Waals surface area contributed by atoms with E-state index in [1.165, 1.54) is 22.8 Å². The zero-order chi connectivity index (χ0) is 22.4. The summed E-state index contributed by atoms with van der Waals surface area (Å²) in [5.74, 6) is -1.05. The molecule has 0 fully saturated rings. The van der Waals surface area contributed by atoms with Gasteiger partial charge in [0.25, 0.3) is 11.5 Å². The molecule has 160 valence electrons. The summed E-state index contributed by atoms with van der Waals surface area (Å²) in [5.41, 5.74) is -0.152. The van der Waals surface area contributed by atoms with Crippen molar-refractivity contribution in [2.24, 2.45) is 0 Å². The third kappa shape index (κ3) is 4.11. The van der Waals surface area contributed by atoms with Gasteiger partial charge in [-0.2, -0.15) is 0 Å². The Morgan fingerprint density at radius 1 is 1.33 bits per heavy atom. The molecule has 30 heavy (non-hydrogen) atoms. The fraction of sp³-hybridized carbons (Fsp3) is 0.381. The number of rotatable bonds is 5. The molecule has 0 bridgehead atoms. The number of benzene rings is 1. The van der Waals surface area contributed by atoms with E-state index in [9.17, 15) is 19.1 Å². The van der Waals surface area contributed by atoms with Crippen LogP contribution in [0.5, 0.6) is 0 Å². The summed E-state index contributed by atoms with van der Waals surface area (Å²) >= 11 is 5.73. The minimum absolute atomic E-state index is 0.0369. The molecule has 0 aliphatic carbocycles. The zero-order valence-corrected chi connectivity index (χ0v) is 18.1. The van der Waals surface area contributed by atoms with Gasteiger partial charge < -0.3 is 15.4 Å². The van der Waals surface area contributed by atoms with E-state index < -0.39 is 28.9 Å². The van der Waals surface area contributed by atoms with Crippen molar-refractivity contribution < 1.29 is 14.3 Å². The van der Waals surface area contributed by atoms with Crippen LogP contribution in [0.2, 0.25) is 5.02 Å². The van der Waals surface area contributed by atoms with E-state index in [0.29, 0.717) is 16.7 Å². The molecular weight excluding hydrogens is 411 g/mol. The minimum Gasteiger partial charge on any atom is -0.388 e. The van der Waals surface area contributed by atoms with Gasteiger partial charge in [0.1, 0.15) is 11.3 Å². The lowest BCUT2D eigenvalue weighted by molar-refractivity contribution is 0.0408. The van der Waals surface area contributed by atoms with Crippen molar-refractivity contribution in [3.63, 3.8) is 0 Å². The molecule has 0 spiro atoms. The monoisotopic (exact) mass is 434 g/mol. The van der Waals surface area contributed by atoms with Crippen molar-refractivity contribution in [2.45, 2.75) is 52.2 Å². The van der Waals surface area contributed by atoms with Crippen LogP contribution >= 0.6 is 11.6 Å². The van der Waals surface area contributed by atoms with Crippen LogP contribution in [-0.4, -0.2) is 37.3 Å². The summed E-state index contributed by atoms with van der Waals surface area (Å²) in [4.78, 5) is 28.4. The molecule has 2 heterocycles. The Morgan fingerprint density at radius 3 is 2.57 bits per heavy atom. The van der Waals surface area contributed by atoms with Crippen LogP contribution in [0.25, 0.3) is 16.9 Å². The molecule has 0 aliphatic heterocycles. The number of aromatic amines is 1. The number of carbonyl (C=O) groups excluding carboxylic acids is 1. The summed E-state index contributed by atoms with van der Waals surface area (Å²) in [5, 5.41) is 17.2. The highest BCUT2D eigenvalue weighted by atomic mass is 35.5. The van der Waals surface area contributed by atoms with E-state index in [4.69, 9.17) is 11.6 Å². The molecule has 0 unspecified atom stereocenters. The average molecular weight is 435 g/mol. The van der Waals surface area contributed by atoms with Crippen molar-refractivity contribution in [1.29, 1.82) is 0 Å². The Hall–Kier alpha value is -2.71. The van der Waals surface area contributed by atoms with Crippen LogP contribution in [0.1, 0.15) is 56.5 Å². The van der Waals surface area contributed by atoms with Crippen LogP contribution in [0, 0.1) is 5.82 Å². The van der Waals surface area contributed by atoms with Gasteiger partial charge in [-0.05, 0) is 44.9 Å². The number of halogens is 2. The minimum atomic E-state index is -1.12. The molecule has 0 radical (unpaired) electrons. The number of hydrogen-bond acceptors (Lipinski definition) is 4. The number of aliphatic hydroxyl groups is 1. The van der Waals surface area contributed by atoms with Crippen LogP contribution in [0.3, 0.4) is 0 Å². The fourth-order valence-electron chi connectivity index (χ4n) is 3.10. The second-order valence-electron chi connectivity index (χ2n) is 8.18. The van der Waals surface area contributed by atoms with E-state index in [1.54, 1.807) is 26.8 Å². The topological polar surface area (TPSA) is 99.5 Å². The lowest BCUT2D eigenvalue weighted by Crippen LogP contribution is -2.47. The summed E-state index contributed by atoms with van der Waals surface area (Å²) in [7, 11) is 0. The standard InChI is InChI=1S/C21H24ClFN4O3/c1-10(2)16-13(19(28)24-11(3)21(4,5)30)9-27-17(16)20(29)25-18(26-27)12-6-7-14(22)15(23)8-12/h6-11,30H,1-5H3,(H,24,28)(H,25,26,29)/t11-/m1/s1. The van der Waals surface area contributed by atoms with Crippen LogP contribution in [0.15, 0.2) is 29.2 Å². The van der Waals surface area contributed by atoms with Gasteiger partial charge in [-0.25, -0.2) is 8.91 Å². The second kappa shape index (κ2) is 7.85. The van der Waals surface area contributed by atoms with E-state index in [2.05, 4.69) is 15.4 Å². The Labute approximate surface area is 177 Å². The van der Waals surface area contributed by atoms with Gasteiger partial charge in [-0.1, -0.05) is 25.4 Å². The smallest absolute Gasteiger partial charge is 0.275 e. The van der Waals surface area contributed by atoms with Gasteiger partial charge in [0.05, 0.1) is 22.2 Å². The molecule has 0 saturated carbocycles. The van der Waals surface area contributed by atoms with Crippen molar-refractivity contribution in [1.82, 2.24) is 19.9 Å². The molecule has 0 aliphatic rings. The summed E-state index contributed by atoms with van der Waals surface area (Å²) in [6, 6.07) is 3.58. The van der Waals surface area contributed by atoms with Gasteiger partial charge in [-0.15, -0.1) is 5.10 Å². The molecule has 1 aromatic carbocycles. The summed E-state index contributed by atoms with van der Waals surface area (Å²) < 4.78 is 15.2. The van der Waals surface area contributed by atoms with E-state index in [1.807, 2.05) is 13.8 Å². The summed E-state index contributed by atoms with van der Waals surface area (Å²) in [6.07, 6.45) is 1.47. The first kappa shape index (κ1) is 22.0. The van der Waals surface area contributed by atoms with Crippen molar-refractivity contribution in [3.8, 4) is 11.4 Å². The molecule has 3 aromatic rings. The largest absolute Gasteiger partial charge is 0.388 e. The first-order valence-electron chi connectivity index (χ1n) is 9.54. The molecule has 2 aromatic heterocycles. The maximum Gasteiger partial charge on any atom is 0.275 e. The first-order valence-corrected chi connectivity index (χ1v) is 9.92. The zero-order valence-electron chi connectivity index (χ0n) is 17.4. The fourth-order valence-corrected chi connectivity index (χ4v) is 3.22. The van der Waals surface area contributed by atoms with Gasteiger partial charge in [0, 0.05) is 17.3 Å². The van der Waals surface area contributed by atoms with E-state index >= 15 is 0 Å². The van der Waals surface area contributed by atoms with Crippen LogP contribution < -0.4 is 10.9 Å². The Balaban J connectivity index is 2.15. The number of H-pyrrole nitrogens is 1. The number of nitrogens with zero attached hydrogens (tertiary/aromatic N) is 2. The van der Waals surface area contributed by atoms with Crippen molar-refractivity contribution in [3.05, 3.63) is 56.7 Å². The molecule has 3 N–H and O–H groups in total. The molecule has 7 nitrogen and oxygen atoms in total. The number of hydrogen-bond donors (Lipinski definition) is 3. The Morgan fingerprint density at radius 2 is 2.00 bits per heavy atom. The number of fused-ring (bicyclic) bond motifs is 1. The third-order valence-corrected chi connectivity index (χ3v) is 5.41. The maximum absolute atomic E-state index is 13.8. The van der Waals surface area contributed by atoms with Gasteiger partial charge >= 0.3 is 0 Å². The highest BCUT2D eigenvalue weighted by Crippen LogP contribution is 2.26. The maximum atomic E-state index is 13.8. The predicted molar refractivity (Wildman–Crippen MR) is 114 cm³/mol. The quantitative estimate of drug-likeness (QED) is 0.572. The van der Waals surface area contributed by atoms with Crippen molar-refractivity contribution >= 4 is 23.0 Å². The Kier molecular flexibility index (Phi) is 5.75. The third-order valence-electron chi connectivity index (χ3n) is 5.10. The molecule has 1 atom stereocenters. The van der Waals surface area contributed by atoms with Crippen molar-refractivity contribution in [2.75, 3.05) is 0 Å². The van der Waals surface area contributed by atoms with E-state index in [0.717, 1.165) is 0 Å². The molecule has 0 saturated heterocycles. The number of aromatic nitrogens is 3. The Bertz CT molecular complexity index is 1180. The number of amides is 1. The molecule has 9 heteroatoms. The van der Waals surface area contributed by atoms with E-state index in [-0.39, 0.29) is 22.3 Å². The lowest BCUT2D eigenvalue weighted by Gasteiger charge is -2.26. The molecular formula is C21H24ClFN4O3. The second-order valence-corrected chi connectivity index (χ2v) is 8.59. The highest BCUT2D eigenvalue weighted by molar-refractivity contribution is 6.30. The number of nitrogens with one attached hydrogen (secondary N) is 2. The number of carbonyl (C=O) groups is 1. The van der Waals surface area contributed by atoms with Gasteiger partial charge in [0.15, 0.2) is 5.82 Å². The van der Waals surface area contributed by atoms with Gasteiger partial charge in [-0.3, -0.25) is 9.59 Å². The highest BCUT2D eigenvalue weighted by Gasteiger charge is 2.28. The molecule has 1 amide bonds. The average Bonchev–Trinajstić information content (AvgIpc) is 3.03. The summed E-state index contributed by atoms with van der Waals surface area (Å²) in [6.45, 7) is 8.63. The normalized spacial score (nSPS) is 13.1.